The predicted molar refractivity (Wildman–Crippen MR) is 284 cm³/mol. The van der Waals surface area contributed by atoms with E-state index in [1.165, 1.54) is 0 Å². The van der Waals surface area contributed by atoms with Crippen LogP contribution in [-0.4, -0.2) is 263 Å². The highest BCUT2D eigenvalue weighted by molar-refractivity contribution is 4.86. The van der Waals surface area contributed by atoms with Crippen molar-refractivity contribution < 1.29 is 85.0 Å². The number of likely N-dealkylation sites (N-methyl/N-ethyl adjacent to an activating group) is 1. The topological polar surface area (TPSA) is 307 Å². The van der Waals surface area contributed by atoms with Crippen LogP contribution in [-0.2, 0) is 23.7 Å². The van der Waals surface area contributed by atoms with Crippen LogP contribution in [0.25, 0.3) is 0 Å². The number of hydrogen-bond acceptors (Lipinski definition) is 20. The maximum absolute atomic E-state index is 9.90. The van der Waals surface area contributed by atoms with Gasteiger partial charge in [0.15, 0.2) is 0 Å². The summed E-state index contributed by atoms with van der Waals surface area (Å²) in [4.78, 5) is 3.75. The maximum atomic E-state index is 9.90. The van der Waals surface area contributed by atoms with Gasteiger partial charge in [-0.15, -0.1) is 0 Å². The second-order valence-electron chi connectivity index (χ2n) is 19.5. The Kier molecular flexibility index (Phi) is 57.8. The van der Waals surface area contributed by atoms with Gasteiger partial charge in [-0.1, -0.05) is 88.0 Å². The summed E-state index contributed by atoms with van der Waals surface area (Å²) in [5.74, 6) is 0.525. The van der Waals surface area contributed by atoms with Crippen LogP contribution in [0.2, 0.25) is 0 Å². The van der Waals surface area contributed by atoms with Gasteiger partial charge in [0.05, 0.1) is 101 Å². The molecule has 0 fully saturated rings. The first-order valence-corrected chi connectivity index (χ1v) is 27.2. The summed E-state index contributed by atoms with van der Waals surface area (Å²) in [5.41, 5.74) is -0.704. The smallest absolute Gasteiger partial charge is 0.109 e. The second-order valence-corrected chi connectivity index (χ2v) is 19.5. The van der Waals surface area contributed by atoms with Crippen LogP contribution in [0.4, 0.5) is 0 Å². The van der Waals surface area contributed by atoms with Crippen molar-refractivity contribution in [3.8, 4) is 0 Å². The number of nitrogens with one attached hydrogen (secondary N) is 1. The Hall–Kier alpha value is -0.800. The molecule has 72 heavy (non-hydrogen) atoms. The third kappa shape index (κ3) is 50.0. The molecule has 0 aromatic heterocycles. The van der Waals surface area contributed by atoms with E-state index in [9.17, 15) is 61.3 Å². The van der Waals surface area contributed by atoms with Crippen molar-refractivity contribution in [3.05, 3.63) is 0 Å². The van der Waals surface area contributed by atoms with Gasteiger partial charge >= 0.3 is 0 Å². The lowest BCUT2D eigenvalue weighted by atomic mass is 9.98. The van der Waals surface area contributed by atoms with Crippen LogP contribution in [0.1, 0.15) is 140 Å². The minimum atomic E-state index is -1.43. The second kappa shape index (κ2) is 53.6. The number of nitrogens with zero attached hydrogens (tertiary/aromatic N) is 2. The molecule has 0 aromatic carbocycles. The normalized spacial score (nSPS) is 16.1. The zero-order valence-electron chi connectivity index (χ0n) is 47.2. The van der Waals surface area contributed by atoms with Gasteiger partial charge in [-0.25, -0.2) is 0 Å². The first-order chi connectivity index (χ1) is 34.1. The van der Waals surface area contributed by atoms with Crippen molar-refractivity contribution in [3.63, 3.8) is 0 Å². The lowest BCUT2D eigenvalue weighted by molar-refractivity contribution is -0.111. The zero-order chi connectivity index (χ0) is 55.8. The molecular formula is C52H115N3O17. The lowest BCUT2D eigenvalue weighted by Crippen LogP contribution is -2.53. The molecular weight excluding hydrogens is 939 g/mol. The Balaban J connectivity index is -0.000000432. The first kappa shape index (κ1) is 77.7. The highest BCUT2D eigenvalue weighted by Crippen LogP contribution is 2.10. The van der Waals surface area contributed by atoms with Gasteiger partial charge in [-0.2, -0.15) is 0 Å². The Morgan fingerprint density at radius 2 is 0.847 bits per heavy atom. The van der Waals surface area contributed by atoms with E-state index in [1.54, 1.807) is 25.8 Å². The molecule has 0 saturated carbocycles. The molecule has 0 amide bonds. The molecule has 0 spiro atoms. The summed E-state index contributed by atoms with van der Waals surface area (Å²) in [7, 11) is 1.69. The molecule has 10 unspecified atom stereocenters. The fourth-order valence-corrected chi connectivity index (χ4v) is 6.35. The summed E-state index contributed by atoms with van der Waals surface area (Å²) in [6.07, 6.45) is 1.58. The number of ether oxygens (including phenoxy) is 5. The molecule has 20 nitrogen and oxygen atoms in total. The Labute approximate surface area is 437 Å². The van der Waals surface area contributed by atoms with Crippen molar-refractivity contribution in [2.24, 2.45) is 5.92 Å². The Bertz CT molecular complexity index is 1060. The summed E-state index contributed by atoms with van der Waals surface area (Å²) < 4.78 is 26.4. The summed E-state index contributed by atoms with van der Waals surface area (Å²) >= 11 is 0. The molecule has 20 heteroatoms. The van der Waals surface area contributed by atoms with Crippen LogP contribution in [0.15, 0.2) is 0 Å². The molecule has 0 rings (SSSR count). The van der Waals surface area contributed by atoms with Gasteiger partial charge in [0.1, 0.15) is 18.3 Å². The van der Waals surface area contributed by atoms with Gasteiger partial charge < -0.3 is 95.2 Å². The molecule has 0 aliphatic rings. The monoisotopic (exact) mass is 1050 g/mol. The van der Waals surface area contributed by atoms with Crippen LogP contribution >= 0.6 is 0 Å². The van der Waals surface area contributed by atoms with Gasteiger partial charge in [-0.05, 0) is 64.8 Å². The van der Waals surface area contributed by atoms with Gasteiger partial charge in [0.25, 0.3) is 0 Å². The van der Waals surface area contributed by atoms with E-state index < -0.39 is 60.5 Å². The number of aliphatic hydroxyl groups is 12. The minimum Gasteiger partial charge on any atom is -0.394 e. The molecule has 0 radical (unpaired) electrons. The average Bonchev–Trinajstić information content (AvgIpc) is 3.34. The third-order valence-corrected chi connectivity index (χ3v) is 11.1. The summed E-state index contributed by atoms with van der Waals surface area (Å²) in [6.45, 7) is 26.6. The van der Waals surface area contributed by atoms with E-state index in [1.807, 2.05) is 13.8 Å². The molecule has 0 aliphatic heterocycles. The lowest BCUT2D eigenvalue weighted by Gasteiger charge is -2.30. The van der Waals surface area contributed by atoms with Gasteiger partial charge in [0.2, 0.25) is 0 Å². The SMILES string of the molecule is CCCCOCC(O)CN(C)CC(O)C(O)C(O)C(O)CC.CCCCOCC(O)CN(CC(C)C)CC(C)O.CCCCOCC(O)CNC(CC)(CO)CO.CCCCOCC(O)COCC(O)CC. The van der Waals surface area contributed by atoms with Crippen molar-refractivity contribution in [2.75, 3.05) is 126 Å². The number of hydrogen-bond donors (Lipinski definition) is 13. The summed E-state index contributed by atoms with van der Waals surface area (Å²) in [5, 5.41) is 118. The van der Waals surface area contributed by atoms with E-state index in [0.717, 1.165) is 57.9 Å². The van der Waals surface area contributed by atoms with Crippen molar-refractivity contribution in [1.82, 2.24) is 15.1 Å². The fourth-order valence-electron chi connectivity index (χ4n) is 6.35. The van der Waals surface area contributed by atoms with Crippen molar-refractivity contribution in [1.29, 1.82) is 0 Å². The molecule has 13 N–H and O–H groups in total. The number of rotatable bonds is 45. The van der Waals surface area contributed by atoms with Crippen LogP contribution in [0, 0.1) is 5.92 Å². The molecule has 0 aliphatic carbocycles. The Morgan fingerprint density at radius 1 is 0.444 bits per heavy atom. The summed E-state index contributed by atoms with van der Waals surface area (Å²) in [6, 6.07) is 0. The quantitative estimate of drug-likeness (QED) is 0.0382. The number of aliphatic hydroxyl groups excluding tert-OH is 12. The molecule has 440 valence electrons. The van der Waals surface area contributed by atoms with E-state index >= 15 is 0 Å². The van der Waals surface area contributed by atoms with E-state index in [0.29, 0.717) is 78.0 Å². The molecule has 0 saturated heterocycles. The standard InChI is InChI=1S/C15H33NO6.C14H31NO3.C12H27NO4.C11H24O4/c1-4-6-7-22-10-11(17)8-16(3)9-13(19)15(21)14(20)12(18)5-2;1-5-6-7-18-11-14(17)10-15(8-12(2)3)9-13(4)16;1-3-5-6-17-8-11(16)7-13-12(4-2,9-14)10-15;1-3-5-6-14-8-11(13)9-15-7-10(12)4-2/h11-15,17-21H,4-10H2,1-3H3;12-14,16-17H,5-11H2,1-4H3;11,13-16H,3-10H2,1-2H3;10-13H,3-9H2,1-2H3. The largest absolute Gasteiger partial charge is 0.394 e. The van der Waals surface area contributed by atoms with E-state index in [4.69, 9.17) is 23.7 Å². The highest BCUT2D eigenvalue weighted by Gasteiger charge is 2.30. The average molecular weight is 1050 g/mol. The van der Waals surface area contributed by atoms with Gasteiger partial charge in [-0.3, -0.25) is 4.90 Å². The van der Waals surface area contributed by atoms with Crippen LogP contribution < -0.4 is 5.32 Å². The van der Waals surface area contributed by atoms with E-state index in [2.05, 4.69) is 51.8 Å². The van der Waals surface area contributed by atoms with E-state index in [-0.39, 0.29) is 65.3 Å². The Morgan fingerprint density at radius 3 is 1.24 bits per heavy atom. The van der Waals surface area contributed by atoms with Crippen LogP contribution in [0.3, 0.4) is 0 Å². The molecule has 0 aromatic rings. The first-order valence-electron chi connectivity index (χ1n) is 27.2. The van der Waals surface area contributed by atoms with Crippen LogP contribution in [0.5, 0.6) is 0 Å². The fraction of sp³-hybridized carbons (Fsp3) is 1.00. The zero-order valence-corrected chi connectivity index (χ0v) is 47.2. The number of β-amino-alcohol motifs (C(OH)–C–C–N with tert-alkyl or cyclic N) is 1. The molecule has 10 atom stereocenters. The maximum Gasteiger partial charge on any atom is 0.109 e. The number of unbranched alkanes of at least 4 members (excludes halogenated alkanes) is 4. The minimum absolute atomic E-state index is 0.0701. The highest BCUT2D eigenvalue weighted by atomic mass is 16.5. The predicted octanol–water partition coefficient (Wildman–Crippen LogP) is 1.29. The third-order valence-electron chi connectivity index (χ3n) is 11.1. The molecule has 0 heterocycles. The van der Waals surface area contributed by atoms with Crippen molar-refractivity contribution in [2.45, 2.75) is 206 Å². The molecule has 0 bridgehead atoms. The van der Waals surface area contributed by atoms with Crippen molar-refractivity contribution >= 4 is 0 Å². The van der Waals surface area contributed by atoms with Gasteiger partial charge in [0, 0.05) is 65.7 Å².